The number of rotatable bonds is 6. The van der Waals surface area contributed by atoms with Gasteiger partial charge in [0.15, 0.2) is 9.84 Å². The number of halogens is 1. The Morgan fingerprint density at radius 1 is 1.16 bits per heavy atom. The van der Waals surface area contributed by atoms with Gasteiger partial charge >= 0.3 is 0 Å². The van der Waals surface area contributed by atoms with Gasteiger partial charge in [0.05, 0.1) is 35.2 Å². The van der Waals surface area contributed by atoms with Gasteiger partial charge in [0.1, 0.15) is 10.0 Å². The van der Waals surface area contributed by atoms with Crippen molar-refractivity contribution in [2.24, 2.45) is 0 Å². The van der Waals surface area contributed by atoms with E-state index in [4.69, 9.17) is 0 Å². The SMILES string of the molecule is CC[C@H](NC(=O)c1cncc2c1cnn2-c1ccc(F)cc1)c1ccc(S(C)(=O)=O)s1. The van der Waals surface area contributed by atoms with E-state index in [1.807, 2.05) is 6.92 Å². The van der Waals surface area contributed by atoms with Crippen molar-refractivity contribution in [2.45, 2.75) is 23.6 Å². The normalized spacial score (nSPS) is 12.7. The number of thiophene rings is 1. The number of amides is 1. The molecule has 10 heteroatoms. The lowest BCUT2D eigenvalue weighted by atomic mass is 10.1. The summed E-state index contributed by atoms with van der Waals surface area (Å²) in [5, 5.41) is 7.90. The molecule has 0 aliphatic rings. The molecule has 0 bridgehead atoms. The highest BCUT2D eigenvalue weighted by Gasteiger charge is 2.21. The third-order valence-electron chi connectivity index (χ3n) is 4.84. The topological polar surface area (TPSA) is 93.9 Å². The van der Waals surface area contributed by atoms with Crippen molar-refractivity contribution in [2.75, 3.05) is 6.26 Å². The average Bonchev–Trinajstić information content (AvgIpc) is 3.39. The van der Waals surface area contributed by atoms with E-state index in [0.29, 0.717) is 28.6 Å². The number of pyridine rings is 1. The second kappa shape index (κ2) is 8.20. The van der Waals surface area contributed by atoms with Crippen LogP contribution in [-0.2, 0) is 9.84 Å². The number of nitrogens with one attached hydrogen (secondary N) is 1. The van der Waals surface area contributed by atoms with Crippen LogP contribution in [0, 0.1) is 5.82 Å². The molecule has 1 atom stereocenters. The lowest BCUT2D eigenvalue weighted by Crippen LogP contribution is -2.27. The number of benzene rings is 1. The van der Waals surface area contributed by atoms with Crippen molar-refractivity contribution in [3.63, 3.8) is 0 Å². The maximum absolute atomic E-state index is 13.2. The molecule has 3 aromatic heterocycles. The molecule has 4 rings (SSSR count). The molecule has 0 saturated heterocycles. The Bertz CT molecular complexity index is 1360. The van der Waals surface area contributed by atoms with Crippen molar-refractivity contribution in [1.29, 1.82) is 0 Å². The Kier molecular flexibility index (Phi) is 5.59. The minimum absolute atomic E-state index is 0.263. The summed E-state index contributed by atoms with van der Waals surface area (Å²) >= 11 is 1.15. The fourth-order valence-corrected chi connectivity index (χ4v) is 5.32. The molecular weight excluding hydrogens is 439 g/mol. The van der Waals surface area contributed by atoms with Crippen molar-refractivity contribution >= 4 is 38.0 Å². The van der Waals surface area contributed by atoms with Gasteiger partial charge in [-0.1, -0.05) is 6.92 Å². The van der Waals surface area contributed by atoms with Crippen LogP contribution < -0.4 is 5.32 Å². The third-order valence-corrected chi connectivity index (χ3v) is 7.86. The first-order valence-corrected chi connectivity index (χ1v) is 12.2. The third kappa shape index (κ3) is 4.21. The highest BCUT2D eigenvalue weighted by molar-refractivity contribution is 7.92. The summed E-state index contributed by atoms with van der Waals surface area (Å²) in [6, 6.07) is 8.81. The Morgan fingerprint density at radius 3 is 2.55 bits per heavy atom. The van der Waals surface area contributed by atoms with Gasteiger partial charge in [-0.15, -0.1) is 11.3 Å². The molecule has 0 unspecified atom stereocenters. The summed E-state index contributed by atoms with van der Waals surface area (Å²) < 4.78 is 38.6. The van der Waals surface area contributed by atoms with Crippen molar-refractivity contribution in [3.05, 3.63) is 71.2 Å². The Hall–Kier alpha value is -3.11. The number of sulfone groups is 1. The van der Waals surface area contributed by atoms with E-state index in [1.165, 1.54) is 18.3 Å². The fraction of sp³-hybridized carbons (Fsp3) is 0.190. The molecule has 1 amide bonds. The second-order valence-corrected chi connectivity index (χ2v) is 10.4. The smallest absolute Gasteiger partial charge is 0.254 e. The lowest BCUT2D eigenvalue weighted by Gasteiger charge is -2.15. The monoisotopic (exact) mass is 458 g/mol. The summed E-state index contributed by atoms with van der Waals surface area (Å²) in [4.78, 5) is 18.0. The number of nitrogens with zero attached hydrogens (tertiary/aromatic N) is 3. The van der Waals surface area contributed by atoms with Gasteiger partial charge in [-0.25, -0.2) is 17.5 Å². The molecular formula is C21H19FN4O3S2. The van der Waals surface area contributed by atoms with Gasteiger partial charge in [-0.2, -0.15) is 5.10 Å². The van der Waals surface area contributed by atoms with Crippen LogP contribution in [0.2, 0.25) is 0 Å². The molecule has 4 aromatic rings. The maximum Gasteiger partial charge on any atom is 0.254 e. The summed E-state index contributed by atoms with van der Waals surface area (Å²) in [5.74, 6) is -0.686. The number of hydrogen-bond acceptors (Lipinski definition) is 6. The Labute approximate surface area is 182 Å². The van der Waals surface area contributed by atoms with Crippen LogP contribution in [-0.4, -0.2) is 35.3 Å². The molecule has 0 aliphatic carbocycles. The second-order valence-electron chi connectivity index (χ2n) is 7.02. The average molecular weight is 459 g/mol. The zero-order chi connectivity index (χ0) is 22.2. The first-order valence-electron chi connectivity index (χ1n) is 9.46. The van der Waals surface area contributed by atoms with Crippen LogP contribution >= 0.6 is 11.3 Å². The van der Waals surface area contributed by atoms with Gasteiger partial charge < -0.3 is 5.32 Å². The summed E-state index contributed by atoms with van der Waals surface area (Å²) in [7, 11) is -3.30. The molecule has 0 aliphatic heterocycles. The number of carbonyl (C=O) groups is 1. The molecule has 0 fully saturated rings. The van der Waals surface area contributed by atoms with Gasteiger partial charge in [0.25, 0.3) is 5.91 Å². The number of fused-ring (bicyclic) bond motifs is 1. The van der Waals surface area contributed by atoms with Gasteiger partial charge in [0.2, 0.25) is 0 Å². The van der Waals surface area contributed by atoms with E-state index < -0.39 is 9.84 Å². The quantitative estimate of drug-likeness (QED) is 0.473. The number of aromatic nitrogens is 3. The Morgan fingerprint density at radius 2 is 1.90 bits per heavy atom. The molecule has 1 aromatic carbocycles. The molecule has 1 N–H and O–H groups in total. The van der Waals surface area contributed by atoms with Crippen LogP contribution in [0.1, 0.15) is 34.6 Å². The standard InChI is InChI=1S/C21H19FN4O3S2/c1-3-17(19-8-9-20(30-19)31(2,28)29)25-21(27)16-10-23-12-18-15(16)11-24-26(18)14-6-4-13(22)5-7-14/h4-12,17H,3H2,1-2H3,(H,25,27)/t17-/m0/s1. The summed E-state index contributed by atoms with van der Waals surface area (Å²) in [6.45, 7) is 1.91. The zero-order valence-electron chi connectivity index (χ0n) is 16.7. The predicted molar refractivity (Wildman–Crippen MR) is 117 cm³/mol. The Balaban J connectivity index is 1.64. The highest BCUT2D eigenvalue weighted by atomic mass is 32.2. The first kappa shape index (κ1) is 21.1. The van der Waals surface area contributed by atoms with Gasteiger partial charge in [0, 0.05) is 22.7 Å². The van der Waals surface area contributed by atoms with Gasteiger partial charge in [-0.05, 0) is 42.8 Å². The highest BCUT2D eigenvalue weighted by Crippen LogP contribution is 2.29. The van der Waals surface area contributed by atoms with Crippen molar-refractivity contribution in [1.82, 2.24) is 20.1 Å². The fourth-order valence-electron chi connectivity index (χ4n) is 3.24. The molecule has 3 heterocycles. The van der Waals surface area contributed by atoms with Crippen molar-refractivity contribution in [3.8, 4) is 5.69 Å². The minimum atomic E-state index is -3.30. The van der Waals surface area contributed by atoms with Crippen LogP contribution in [0.15, 0.2) is 59.2 Å². The molecule has 0 radical (unpaired) electrons. The molecule has 31 heavy (non-hydrogen) atoms. The minimum Gasteiger partial charge on any atom is -0.344 e. The van der Waals surface area contributed by atoms with Crippen LogP contribution in [0.25, 0.3) is 16.6 Å². The number of hydrogen-bond donors (Lipinski definition) is 1. The lowest BCUT2D eigenvalue weighted by molar-refractivity contribution is 0.0937. The van der Waals surface area contributed by atoms with E-state index >= 15 is 0 Å². The zero-order valence-corrected chi connectivity index (χ0v) is 18.4. The molecule has 7 nitrogen and oxygen atoms in total. The van der Waals surface area contributed by atoms with Crippen molar-refractivity contribution < 1.29 is 17.6 Å². The van der Waals surface area contributed by atoms with Gasteiger partial charge in [-0.3, -0.25) is 9.78 Å². The molecule has 160 valence electrons. The first-order chi connectivity index (χ1) is 14.8. The number of carbonyl (C=O) groups excluding carboxylic acids is 1. The van der Waals surface area contributed by atoms with E-state index in [1.54, 1.807) is 41.3 Å². The van der Waals surface area contributed by atoms with Crippen LogP contribution in [0.3, 0.4) is 0 Å². The van der Waals surface area contributed by atoms with E-state index in [2.05, 4.69) is 15.4 Å². The summed E-state index contributed by atoms with van der Waals surface area (Å²) in [6.07, 6.45) is 6.39. The predicted octanol–water partition coefficient (Wildman–Crippen LogP) is 3.91. The molecule has 0 saturated carbocycles. The van der Waals surface area contributed by atoms with Crippen LogP contribution in [0.5, 0.6) is 0 Å². The van der Waals surface area contributed by atoms with E-state index in [-0.39, 0.29) is 22.0 Å². The largest absolute Gasteiger partial charge is 0.344 e. The van der Waals surface area contributed by atoms with E-state index in [9.17, 15) is 17.6 Å². The van der Waals surface area contributed by atoms with E-state index in [0.717, 1.165) is 22.5 Å². The van der Waals surface area contributed by atoms with Crippen LogP contribution in [0.4, 0.5) is 4.39 Å². The molecule has 0 spiro atoms. The maximum atomic E-state index is 13.2. The summed E-state index contributed by atoms with van der Waals surface area (Å²) in [5.41, 5.74) is 1.61.